The van der Waals surface area contributed by atoms with Crippen LogP contribution in [-0.2, 0) is 14.8 Å². The lowest BCUT2D eigenvalue weighted by Crippen LogP contribution is -2.37. The summed E-state index contributed by atoms with van der Waals surface area (Å²) in [5.41, 5.74) is 1.84. The van der Waals surface area contributed by atoms with Gasteiger partial charge in [-0.1, -0.05) is 11.3 Å². The molecule has 1 fully saturated rings. The molecule has 0 atom stereocenters. The number of sulfonamides is 1. The van der Waals surface area contributed by atoms with Crippen LogP contribution in [0.4, 0.5) is 10.8 Å². The zero-order chi connectivity index (χ0) is 21.2. The molecule has 0 aliphatic carbocycles. The quantitative estimate of drug-likeness (QED) is 0.668. The average molecular weight is 457 g/mol. The molecule has 2 heterocycles. The second kappa shape index (κ2) is 9.00. The van der Waals surface area contributed by atoms with Crippen molar-refractivity contribution in [1.82, 2.24) is 9.29 Å². The van der Waals surface area contributed by atoms with Gasteiger partial charge in [0.05, 0.1) is 33.6 Å². The number of aromatic nitrogens is 1. The number of hydrogen-bond acceptors (Lipinski definition) is 8. The van der Waals surface area contributed by atoms with Gasteiger partial charge in [0.25, 0.3) is 5.91 Å². The Morgan fingerprint density at radius 2 is 2.00 bits per heavy atom. The highest BCUT2D eigenvalue weighted by atomic mass is 32.2. The summed E-state index contributed by atoms with van der Waals surface area (Å²) in [5, 5.41) is 3.32. The lowest BCUT2D eigenvalue weighted by Gasteiger charge is -2.30. The summed E-state index contributed by atoms with van der Waals surface area (Å²) < 4.78 is 32.7. The van der Waals surface area contributed by atoms with Crippen LogP contribution in [0.1, 0.15) is 16.1 Å². The molecule has 1 aliphatic heterocycles. The van der Waals surface area contributed by atoms with E-state index in [0.717, 1.165) is 14.2 Å². The van der Waals surface area contributed by atoms with Crippen molar-refractivity contribution in [2.24, 2.45) is 0 Å². The summed E-state index contributed by atoms with van der Waals surface area (Å²) in [5.74, 6) is -0.385. The molecule has 1 N–H and O–H groups in total. The molecule has 1 aliphatic rings. The van der Waals surface area contributed by atoms with E-state index in [-0.39, 0.29) is 10.8 Å². The number of nitrogens with one attached hydrogen (secondary N) is 1. The smallest absolute Gasteiger partial charge is 0.259 e. The van der Waals surface area contributed by atoms with Crippen molar-refractivity contribution < 1.29 is 17.9 Å². The minimum absolute atomic E-state index is 0.0739. The molecule has 1 amide bonds. The van der Waals surface area contributed by atoms with Gasteiger partial charge in [-0.2, -0.15) is 0 Å². The van der Waals surface area contributed by atoms with Crippen molar-refractivity contribution in [3.63, 3.8) is 0 Å². The highest BCUT2D eigenvalue weighted by Crippen LogP contribution is 2.32. The monoisotopic (exact) mass is 456 g/mol. The number of carbonyl (C=O) groups excluding carboxylic acids is 1. The zero-order valence-electron chi connectivity index (χ0n) is 16.8. The van der Waals surface area contributed by atoms with Gasteiger partial charge in [-0.15, -0.1) is 11.8 Å². The van der Waals surface area contributed by atoms with Crippen LogP contribution in [0.25, 0.3) is 0 Å². The molecule has 2 aromatic rings. The maximum Gasteiger partial charge on any atom is 0.259 e. The van der Waals surface area contributed by atoms with E-state index in [0.29, 0.717) is 42.7 Å². The molecule has 29 heavy (non-hydrogen) atoms. The maximum atomic E-state index is 13.1. The minimum Gasteiger partial charge on any atom is -0.378 e. The van der Waals surface area contributed by atoms with Gasteiger partial charge >= 0.3 is 0 Å². The highest BCUT2D eigenvalue weighted by Gasteiger charge is 2.25. The Balaban J connectivity index is 2.00. The van der Waals surface area contributed by atoms with E-state index in [9.17, 15) is 13.2 Å². The number of anilines is 2. The Bertz CT molecular complexity index is 999. The van der Waals surface area contributed by atoms with E-state index in [1.165, 1.54) is 37.6 Å². The van der Waals surface area contributed by atoms with Crippen molar-refractivity contribution in [2.45, 2.75) is 16.0 Å². The maximum absolute atomic E-state index is 13.1. The van der Waals surface area contributed by atoms with Crippen molar-refractivity contribution in [2.75, 3.05) is 56.9 Å². The van der Waals surface area contributed by atoms with Crippen molar-refractivity contribution in [3.05, 3.63) is 29.5 Å². The average Bonchev–Trinajstić information content (AvgIpc) is 3.07. The third kappa shape index (κ3) is 4.75. The summed E-state index contributed by atoms with van der Waals surface area (Å²) in [6.07, 6.45) is 1.96. The fraction of sp³-hybridized carbons (Fsp3) is 0.444. The van der Waals surface area contributed by atoms with Crippen LogP contribution in [0, 0.1) is 6.92 Å². The van der Waals surface area contributed by atoms with Crippen LogP contribution < -0.4 is 10.2 Å². The Morgan fingerprint density at radius 1 is 1.31 bits per heavy atom. The molecule has 0 radical (unpaired) electrons. The van der Waals surface area contributed by atoms with Gasteiger partial charge in [-0.3, -0.25) is 10.1 Å². The van der Waals surface area contributed by atoms with E-state index in [1.54, 1.807) is 17.8 Å². The van der Waals surface area contributed by atoms with Gasteiger partial charge in [0.1, 0.15) is 0 Å². The fourth-order valence-corrected chi connectivity index (χ4v) is 5.47. The molecule has 158 valence electrons. The number of thioether (sulfide) groups is 1. The Labute approximate surface area is 179 Å². The molecule has 1 aromatic heterocycles. The highest BCUT2D eigenvalue weighted by molar-refractivity contribution is 8.00. The summed E-state index contributed by atoms with van der Waals surface area (Å²) in [7, 11) is -0.735. The Kier molecular flexibility index (Phi) is 6.84. The SMILES string of the molecule is CSc1sc(NC(=O)c2cc(S(=O)(=O)N(C)C)ccc2N2CCOCC2)nc1C. The second-order valence-electron chi connectivity index (χ2n) is 6.62. The topological polar surface area (TPSA) is 91.8 Å². The fourth-order valence-electron chi connectivity index (χ4n) is 2.94. The molecule has 8 nitrogen and oxygen atoms in total. The standard InChI is InChI=1S/C18H24N4O4S3/c1-12-17(27-4)28-18(19-12)20-16(23)14-11-13(29(24,25)21(2)3)5-6-15(14)22-7-9-26-10-8-22/h5-6,11H,7-10H2,1-4H3,(H,19,20,23). The number of amides is 1. The first kappa shape index (κ1) is 22.0. The Morgan fingerprint density at radius 3 is 2.59 bits per heavy atom. The van der Waals surface area contributed by atoms with Crippen LogP contribution in [0.5, 0.6) is 0 Å². The lowest BCUT2D eigenvalue weighted by atomic mass is 10.1. The van der Waals surface area contributed by atoms with E-state index < -0.39 is 10.0 Å². The normalized spacial score (nSPS) is 15.0. The number of benzene rings is 1. The van der Waals surface area contributed by atoms with Crippen LogP contribution in [0.15, 0.2) is 27.3 Å². The minimum atomic E-state index is -3.67. The number of morpholine rings is 1. The first-order valence-electron chi connectivity index (χ1n) is 8.96. The largest absolute Gasteiger partial charge is 0.378 e. The van der Waals surface area contributed by atoms with Crippen LogP contribution in [0.3, 0.4) is 0 Å². The van der Waals surface area contributed by atoms with Crippen LogP contribution in [0.2, 0.25) is 0 Å². The molecule has 3 rings (SSSR count). The summed E-state index contributed by atoms with van der Waals surface area (Å²) in [6.45, 7) is 4.27. The van der Waals surface area contributed by atoms with Gasteiger partial charge in [0.15, 0.2) is 5.13 Å². The number of nitrogens with zero attached hydrogens (tertiary/aromatic N) is 3. The molecule has 1 aromatic carbocycles. The van der Waals surface area contributed by atoms with E-state index in [2.05, 4.69) is 10.3 Å². The number of thiazole rings is 1. The molecule has 0 bridgehead atoms. The number of hydrogen-bond donors (Lipinski definition) is 1. The molecular formula is C18H24N4O4S3. The zero-order valence-corrected chi connectivity index (χ0v) is 19.2. The first-order valence-corrected chi connectivity index (χ1v) is 12.4. The van der Waals surface area contributed by atoms with Gasteiger partial charge in [0, 0.05) is 32.9 Å². The first-order chi connectivity index (χ1) is 13.7. The molecule has 11 heteroatoms. The summed E-state index contributed by atoms with van der Waals surface area (Å²) >= 11 is 2.97. The second-order valence-corrected chi connectivity index (χ2v) is 10.8. The van der Waals surface area contributed by atoms with E-state index in [1.807, 2.05) is 18.1 Å². The van der Waals surface area contributed by atoms with Crippen molar-refractivity contribution in [1.29, 1.82) is 0 Å². The summed E-state index contributed by atoms with van der Waals surface area (Å²) in [6, 6.07) is 4.67. The summed E-state index contributed by atoms with van der Waals surface area (Å²) in [4.78, 5) is 19.6. The predicted octanol–water partition coefficient (Wildman–Crippen LogP) is 2.51. The van der Waals surface area contributed by atoms with Gasteiger partial charge in [0.2, 0.25) is 10.0 Å². The van der Waals surface area contributed by atoms with E-state index in [4.69, 9.17) is 4.74 Å². The number of aryl methyl sites for hydroxylation is 1. The molecular weight excluding hydrogens is 432 g/mol. The number of rotatable bonds is 6. The number of carbonyl (C=O) groups is 1. The molecule has 0 unspecified atom stereocenters. The molecule has 0 saturated carbocycles. The van der Waals surface area contributed by atoms with Crippen LogP contribution in [-0.4, -0.2) is 70.3 Å². The number of ether oxygens (including phenoxy) is 1. The molecule has 1 saturated heterocycles. The lowest BCUT2D eigenvalue weighted by molar-refractivity contribution is 0.102. The van der Waals surface area contributed by atoms with Crippen molar-refractivity contribution in [3.8, 4) is 0 Å². The van der Waals surface area contributed by atoms with Gasteiger partial charge < -0.3 is 9.64 Å². The van der Waals surface area contributed by atoms with Crippen molar-refractivity contribution >= 4 is 49.8 Å². The third-order valence-corrected chi connectivity index (χ3v) is 8.60. The Hall–Kier alpha value is -1.66. The van der Waals surface area contributed by atoms with Gasteiger partial charge in [-0.05, 0) is 31.4 Å². The molecule has 0 spiro atoms. The van der Waals surface area contributed by atoms with Gasteiger partial charge in [-0.25, -0.2) is 17.7 Å². The van der Waals surface area contributed by atoms with E-state index >= 15 is 0 Å². The third-order valence-electron chi connectivity index (χ3n) is 4.50. The predicted molar refractivity (Wildman–Crippen MR) is 117 cm³/mol. The van der Waals surface area contributed by atoms with Crippen LogP contribution >= 0.6 is 23.1 Å².